The van der Waals surface area contributed by atoms with E-state index in [0.717, 1.165) is 0 Å². The van der Waals surface area contributed by atoms with Crippen molar-refractivity contribution in [3.8, 4) is 17.2 Å². The van der Waals surface area contributed by atoms with E-state index in [1.807, 2.05) is 20.8 Å². The zero-order chi connectivity index (χ0) is 30.6. The molecule has 0 fully saturated rings. The number of nitrogens with zero attached hydrogens (tertiary/aromatic N) is 2. The van der Waals surface area contributed by atoms with Crippen molar-refractivity contribution in [2.75, 3.05) is 26.3 Å². The number of benzene rings is 2. The van der Waals surface area contributed by atoms with Crippen LogP contribution < -0.4 is 9.47 Å². The highest BCUT2D eigenvalue weighted by molar-refractivity contribution is 8.93. The predicted molar refractivity (Wildman–Crippen MR) is 161 cm³/mol. The van der Waals surface area contributed by atoms with E-state index in [0.29, 0.717) is 23.3 Å². The Balaban J connectivity index is 0.00000616. The number of hydrogen-bond acceptors (Lipinski definition) is 7. The number of amides is 1. The van der Waals surface area contributed by atoms with Gasteiger partial charge in [-0.1, -0.05) is 20.8 Å². The zero-order valence-electron chi connectivity index (χ0n) is 24.8. The molecule has 0 radical (unpaired) electrons. The van der Waals surface area contributed by atoms with Crippen molar-refractivity contribution in [2.24, 2.45) is 0 Å². The SMILES string of the molecule is Br.CCOc1cc2c(c(F)c1OCC)C(=N)N(CC(=O)c1cc(CN(CCC(=O)O)C(C)=O)c(O)c(C(C)(C)C)c1)C2. The van der Waals surface area contributed by atoms with Crippen LogP contribution in [0.4, 0.5) is 4.39 Å². The molecule has 3 rings (SSSR count). The lowest BCUT2D eigenvalue weighted by atomic mass is 9.83. The number of carboxylic acid groups (broad SMARTS) is 1. The highest BCUT2D eigenvalue weighted by Gasteiger charge is 2.33. The number of carboxylic acids is 1. The first-order valence-corrected chi connectivity index (χ1v) is 13.5. The van der Waals surface area contributed by atoms with E-state index in [-0.39, 0.29) is 102 Å². The predicted octanol–water partition coefficient (Wildman–Crippen LogP) is 5.05. The third-order valence-corrected chi connectivity index (χ3v) is 6.83. The summed E-state index contributed by atoms with van der Waals surface area (Å²) in [6.45, 7) is 10.7. The number of phenolic OH excluding ortho intramolecular Hbond substituents is 1. The summed E-state index contributed by atoms with van der Waals surface area (Å²) in [6.07, 6.45) is -0.269. The van der Waals surface area contributed by atoms with Crippen LogP contribution in [0.5, 0.6) is 17.2 Å². The molecule has 1 aliphatic heterocycles. The average molecular weight is 653 g/mol. The van der Waals surface area contributed by atoms with Crippen molar-refractivity contribution in [3.05, 3.63) is 51.8 Å². The number of ether oxygens (including phenoxy) is 2. The molecule has 12 heteroatoms. The smallest absolute Gasteiger partial charge is 0.305 e. The van der Waals surface area contributed by atoms with E-state index in [1.165, 1.54) is 22.8 Å². The van der Waals surface area contributed by atoms with Crippen molar-refractivity contribution in [2.45, 2.75) is 66.5 Å². The highest BCUT2D eigenvalue weighted by atomic mass is 79.9. The highest BCUT2D eigenvalue weighted by Crippen LogP contribution is 2.39. The Bertz CT molecular complexity index is 1370. The summed E-state index contributed by atoms with van der Waals surface area (Å²) in [6, 6.07) is 4.71. The summed E-state index contributed by atoms with van der Waals surface area (Å²) < 4.78 is 26.5. The van der Waals surface area contributed by atoms with Crippen molar-refractivity contribution < 1.29 is 38.5 Å². The van der Waals surface area contributed by atoms with E-state index in [4.69, 9.17) is 20.0 Å². The second-order valence-electron chi connectivity index (χ2n) is 10.9. The number of carbonyl (C=O) groups is 3. The fourth-order valence-electron chi connectivity index (χ4n) is 4.76. The minimum absolute atomic E-state index is 0. The number of phenols is 1. The van der Waals surface area contributed by atoms with E-state index in [1.54, 1.807) is 26.0 Å². The van der Waals surface area contributed by atoms with Gasteiger partial charge in [-0.15, -0.1) is 17.0 Å². The number of halogens is 2. The monoisotopic (exact) mass is 651 g/mol. The summed E-state index contributed by atoms with van der Waals surface area (Å²) in [7, 11) is 0. The van der Waals surface area contributed by atoms with Crippen LogP contribution in [0, 0.1) is 11.2 Å². The van der Waals surface area contributed by atoms with Crippen LogP contribution >= 0.6 is 17.0 Å². The molecule has 0 aliphatic carbocycles. The maximum atomic E-state index is 15.5. The van der Waals surface area contributed by atoms with Gasteiger partial charge in [-0.05, 0) is 43.0 Å². The van der Waals surface area contributed by atoms with Gasteiger partial charge in [0, 0.05) is 43.2 Å². The molecule has 0 atom stereocenters. The molecule has 0 aromatic heterocycles. The normalized spacial score (nSPS) is 12.5. The first-order valence-electron chi connectivity index (χ1n) is 13.5. The van der Waals surface area contributed by atoms with Crippen LogP contribution in [0.15, 0.2) is 18.2 Å². The molecule has 1 amide bonds. The molecule has 0 spiro atoms. The first kappa shape index (κ1) is 34.5. The maximum absolute atomic E-state index is 15.5. The third-order valence-electron chi connectivity index (χ3n) is 6.83. The fraction of sp³-hybridized carbons (Fsp3) is 0.467. The van der Waals surface area contributed by atoms with Crippen LogP contribution in [0.3, 0.4) is 0 Å². The molecule has 42 heavy (non-hydrogen) atoms. The summed E-state index contributed by atoms with van der Waals surface area (Å²) >= 11 is 0. The molecule has 0 saturated carbocycles. The number of hydrogen-bond donors (Lipinski definition) is 3. The molecule has 230 valence electrons. The molecule has 1 heterocycles. The van der Waals surface area contributed by atoms with Gasteiger partial charge in [-0.25, -0.2) is 4.39 Å². The number of ketones is 1. The van der Waals surface area contributed by atoms with Crippen LogP contribution in [0.2, 0.25) is 0 Å². The molecule has 3 N–H and O–H groups in total. The van der Waals surface area contributed by atoms with Gasteiger partial charge in [0.05, 0.1) is 31.7 Å². The molecule has 10 nitrogen and oxygen atoms in total. The van der Waals surface area contributed by atoms with Gasteiger partial charge in [0.1, 0.15) is 11.6 Å². The quantitative estimate of drug-likeness (QED) is 0.271. The Morgan fingerprint density at radius 1 is 1.12 bits per heavy atom. The largest absolute Gasteiger partial charge is 0.507 e. The Morgan fingerprint density at radius 2 is 1.76 bits per heavy atom. The number of carbonyl (C=O) groups excluding carboxylic acids is 2. The first-order chi connectivity index (χ1) is 19.2. The van der Waals surface area contributed by atoms with Gasteiger partial charge >= 0.3 is 5.97 Å². The van der Waals surface area contributed by atoms with Crippen LogP contribution in [0.1, 0.15) is 80.6 Å². The van der Waals surface area contributed by atoms with Gasteiger partial charge in [0.25, 0.3) is 0 Å². The molecule has 0 saturated heterocycles. The molecule has 0 bridgehead atoms. The number of nitrogens with one attached hydrogen (secondary N) is 1. The Morgan fingerprint density at radius 3 is 2.31 bits per heavy atom. The van der Waals surface area contributed by atoms with E-state index < -0.39 is 17.2 Å². The van der Waals surface area contributed by atoms with Gasteiger partial charge in [0.2, 0.25) is 5.91 Å². The zero-order valence-corrected chi connectivity index (χ0v) is 26.5. The van der Waals surface area contributed by atoms with Gasteiger partial charge < -0.3 is 29.5 Å². The average Bonchev–Trinajstić information content (AvgIpc) is 3.18. The number of amidine groups is 1. The Hall–Kier alpha value is -3.67. The van der Waals surface area contributed by atoms with Crippen molar-refractivity contribution >= 4 is 40.5 Å². The number of fused-ring (bicyclic) bond motifs is 1. The van der Waals surface area contributed by atoms with Gasteiger partial charge in [-0.2, -0.15) is 0 Å². The number of aromatic hydroxyl groups is 1. The van der Waals surface area contributed by atoms with E-state index >= 15 is 4.39 Å². The summed E-state index contributed by atoms with van der Waals surface area (Å²) in [5.74, 6) is -2.57. The second-order valence-corrected chi connectivity index (χ2v) is 10.9. The van der Waals surface area contributed by atoms with Crippen molar-refractivity contribution in [3.63, 3.8) is 0 Å². The lowest BCUT2D eigenvalue weighted by molar-refractivity contribution is -0.138. The van der Waals surface area contributed by atoms with Crippen LogP contribution in [-0.4, -0.2) is 69.8 Å². The minimum Gasteiger partial charge on any atom is -0.507 e. The van der Waals surface area contributed by atoms with E-state index in [9.17, 15) is 19.5 Å². The van der Waals surface area contributed by atoms with Crippen molar-refractivity contribution in [1.29, 1.82) is 5.41 Å². The second kappa shape index (κ2) is 14.0. The fourth-order valence-corrected chi connectivity index (χ4v) is 4.76. The molecule has 2 aromatic carbocycles. The lowest BCUT2D eigenvalue weighted by Crippen LogP contribution is -2.32. The molecular formula is C30H39BrFN3O7. The van der Waals surface area contributed by atoms with Gasteiger partial charge in [-0.3, -0.25) is 19.8 Å². The minimum atomic E-state index is -1.06. The standard InChI is InChI=1S/C30H38FN3O7.BrH/c1-7-40-23-13-19-14-34(29(32)25(19)26(31)28(23)41-8-2)16-22(36)18-11-20(27(39)21(12-18)30(4,5)6)15-33(17(3)35)10-9-24(37)38;/h11-13,32,39H,7-10,14-16H2,1-6H3,(H,37,38);1H. The number of rotatable bonds is 12. The third kappa shape index (κ3) is 7.58. The number of Topliss-reactive ketones (excluding diaryl/α,β-unsaturated/α-hetero) is 1. The molecular weight excluding hydrogens is 613 g/mol. The topological polar surface area (TPSA) is 140 Å². The maximum Gasteiger partial charge on any atom is 0.305 e. The molecule has 2 aromatic rings. The Kier molecular flexibility index (Phi) is 11.5. The summed E-state index contributed by atoms with van der Waals surface area (Å²) in [5, 5.41) is 28.8. The lowest BCUT2D eigenvalue weighted by Gasteiger charge is -2.26. The number of aliphatic carboxylic acids is 1. The summed E-state index contributed by atoms with van der Waals surface area (Å²) in [4.78, 5) is 39.6. The summed E-state index contributed by atoms with van der Waals surface area (Å²) in [5.41, 5.74) is 1.02. The van der Waals surface area contributed by atoms with Crippen LogP contribution in [-0.2, 0) is 28.1 Å². The van der Waals surface area contributed by atoms with Gasteiger partial charge in [0.15, 0.2) is 23.1 Å². The van der Waals surface area contributed by atoms with E-state index in [2.05, 4.69) is 0 Å². The van der Waals surface area contributed by atoms with Crippen molar-refractivity contribution in [1.82, 2.24) is 9.80 Å². The molecule has 0 unspecified atom stereocenters. The Labute approximate surface area is 255 Å². The van der Waals surface area contributed by atoms with Crippen LogP contribution in [0.25, 0.3) is 0 Å². The molecule has 1 aliphatic rings.